The summed E-state index contributed by atoms with van der Waals surface area (Å²) < 4.78 is 13.4. The first kappa shape index (κ1) is 20.2. The van der Waals surface area contributed by atoms with E-state index in [4.69, 9.17) is 9.47 Å². The number of hydrogen-bond acceptors (Lipinski definition) is 3. The van der Waals surface area contributed by atoms with Gasteiger partial charge in [-0.1, -0.05) is 27.7 Å². The largest absolute Gasteiger partial charge is 0.349 e. The summed E-state index contributed by atoms with van der Waals surface area (Å²) in [4.78, 5) is 12.2. The summed E-state index contributed by atoms with van der Waals surface area (Å²) in [7, 11) is 0. The number of hydrogen-bond donors (Lipinski definition) is 0. The maximum atomic E-state index is 12.2. The minimum absolute atomic E-state index is 0.292. The first-order chi connectivity index (χ1) is 14.3. The zero-order chi connectivity index (χ0) is 20.9. The van der Waals surface area contributed by atoms with Crippen molar-refractivity contribution in [2.75, 3.05) is 6.61 Å². The van der Waals surface area contributed by atoms with Crippen molar-refractivity contribution in [3.63, 3.8) is 0 Å². The van der Waals surface area contributed by atoms with E-state index in [0.717, 1.165) is 50.0 Å². The molecular formula is C27H42O3. The van der Waals surface area contributed by atoms with Gasteiger partial charge in [0.15, 0.2) is 5.79 Å². The second-order valence-electron chi connectivity index (χ2n) is 12.9. The van der Waals surface area contributed by atoms with Gasteiger partial charge in [-0.15, -0.1) is 0 Å². The fraction of sp³-hybridized carbons (Fsp3) is 0.963. The lowest BCUT2D eigenvalue weighted by Crippen LogP contribution is -2.54. The number of carbonyl (C=O) groups is 1. The minimum atomic E-state index is -0.292. The molecule has 3 heteroatoms. The van der Waals surface area contributed by atoms with Gasteiger partial charge < -0.3 is 9.47 Å². The van der Waals surface area contributed by atoms with E-state index in [9.17, 15) is 4.79 Å². The zero-order valence-electron chi connectivity index (χ0n) is 19.6. The predicted molar refractivity (Wildman–Crippen MR) is 117 cm³/mol. The number of fused-ring (bicyclic) bond motifs is 7. The summed E-state index contributed by atoms with van der Waals surface area (Å²) in [5.41, 5.74) is 0.820. The first-order valence-corrected chi connectivity index (χ1v) is 13.1. The molecule has 4 saturated carbocycles. The van der Waals surface area contributed by atoms with Gasteiger partial charge in [-0.25, -0.2) is 0 Å². The molecule has 6 aliphatic rings. The Kier molecular flexibility index (Phi) is 4.42. The van der Waals surface area contributed by atoms with E-state index in [1.54, 1.807) is 0 Å². The summed E-state index contributed by atoms with van der Waals surface area (Å²) >= 11 is 0. The van der Waals surface area contributed by atoms with Gasteiger partial charge in [-0.2, -0.15) is 0 Å². The van der Waals surface area contributed by atoms with Crippen LogP contribution < -0.4 is 0 Å². The Bertz CT molecular complexity index is 724. The maximum absolute atomic E-state index is 12.2. The molecule has 4 aliphatic carbocycles. The van der Waals surface area contributed by atoms with Crippen LogP contribution >= 0.6 is 0 Å². The average Bonchev–Trinajstić information content (AvgIpc) is 3.16. The van der Waals surface area contributed by atoms with E-state index in [0.29, 0.717) is 46.4 Å². The molecule has 1 spiro atoms. The Morgan fingerprint density at radius 1 is 0.933 bits per heavy atom. The molecule has 2 heterocycles. The number of carbonyl (C=O) groups excluding carboxylic acids is 1. The van der Waals surface area contributed by atoms with E-state index in [-0.39, 0.29) is 5.79 Å². The van der Waals surface area contributed by atoms with Crippen molar-refractivity contribution < 1.29 is 14.3 Å². The van der Waals surface area contributed by atoms with E-state index >= 15 is 0 Å². The highest BCUT2D eigenvalue weighted by atomic mass is 16.7. The van der Waals surface area contributed by atoms with Gasteiger partial charge in [0.1, 0.15) is 5.78 Å². The molecule has 1 unspecified atom stereocenters. The average molecular weight is 415 g/mol. The SMILES string of the molecule is C[C@@H]1CC[C@@]2(OC1)O[C@H]1C[C@H]3[C@@H]4CC[C@@H]5CC(=O)CC[C@]5(C)[C@H]4CC[C@]3(C)C1[C@@H]2C. The molecular weight excluding hydrogens is 372 g/mol. The zero-order valence-corrected chi connectivity index (χ0v) is 19.6. The molecule has 30 heavy (non-hydrogen) atoms. The fourth-order valence-corrected chi connectivity index (χ4v) is 10.1. The molecule has 11 atom stereocenters. The van der Waals surface area contributed by atoms with Crippen molar-refractivity contribution in [1.82, 2.24) is 0 Å². The van der Waals surface area contributed by atoms with Crippen molar-refractivity contribution in [1.29, 1.82) is 0 Å². The molecule has 0 aromatic heterocycles. The third-order valence-corrected chi connectivity index (χ3v) is 11.7. The second-order valence-corrected chi connectivity index (χ2v) is 12.9. The van der Waals surface area contributed by atoms with Gasteiger partial charge in [0, 0.05) is 25.2 Å². The lowest BCUT2D eigenvalue weighted by Gasteiger charge is -2.60. The number of Topliss-reactive ketones (excluding diaryl/α,β-unsaturated/α-hetero) is 1. The summed E-state index contributed by atoms with van der Waals surface area (Å²) in [5.74, 6) is 5.23. The number of ether oxygens (including phenoxy) is 2. The Morgan fingerprint density at radius 3 is 2.53 bits per heavy atom. The van der Waals surface area contributed by atoms with Crippen LogP contribution in [0.2, 0.25) is 0 Å². The van der Waals surface area contributed by atoms with Crippen molar-refractivity contribution in [2.45, 2.75) is 104 Å². The quantitative estimate of drug-likeness (QED) is 0.487. The van der Waals surface area contributed by atoms with Crippen molar-refractivity contribution in [3.8, 4) is 0 Å². The Morgan fingerprint density at radius 2 is 1.77 bits per heavy atom. The van der Waals surface area contributed by atoms with E-state index in [1.165, 1.54) is 38.5 Å². The Balaban J connectivity index is 1.26. The third-order valence-electron chi connectivity index (χ3n) is 11.7. The molecule has 2 aliphatic heterocycles. The van der Waals surface area contributed by atoms with Crippen molar-refractivity contribution >= 4 is 5.78 Å². The van der Waals surface area contributed by atoms with Gasteiger partial charge in [-0.05, 0) is 91.3 Å². The maximum Gasteiger partial charge on any atom is 0.171 e. The van der Waals surface area contributed by atoms with Crippen LogP contribution in [0.25, 0.3) is 0 Å². The monoisotopic (exact) mass is 414 g/mol. The van der Waals surface area contributed by atoms with Gasteiger partial charge in [0.25, 0.3) is 0 Å². The lowest BCUT2D eigenvalue weighted by molar-refractivity contribution is -0.273. The third kappa shape index (κ3) is 2.54. The van der Waals surface area contributed by atoms with Crippen LogP contribution in [0.4, 0.5) is 0 Å². The standard InChI is InChI=1S/C27H42O3/c1-16-7-12-27(29-15-16)17(2)24-23(30-27)14-22-20-6-5-18-13-19(28)8-10-25(18,3)21(20)9-11-26(22,24)4/h16-18,20-24H,5-15H2,1-4H3/t16-,17+,18-,20-,21+,22+,23+,24?,25+,26+,27-/m1/s1. The minimum Gasteiger partial charge on any atom is -0.349 e. The smallest absolute Gasteiger partial charge is 0.171 e. The first-order valence-electron chi connectivity index (χ1n) is 13.1. The molecule has 0 bridgehead atoms. The van der Waals surface area contributed by atoms with Crippen LogP contribution in [-0.2, 0) is 14.3 Å². The van der Waals surface area contributed by atoms with Crippen LogP contribution in [0.3, 0.4) is 0 Å². The highest BCUT2D eigenvalue weighted by molar-refractivity contribution is 5.79. The molecule has 6 fully saturated rings. The van der Waals surface area contributed by atoms with Crippen molar-refractivity contribution in [3.05, 3.63) is 0 Å². The lowest BCUT2D eigenvalue weighted by atomic mass is 9.44. The highest BCUT2D eigenvalue weighted by Gasteiger charge is 2.69. The van der Waals surface area contributed by atoms with E-state index in [2.05, 4.69) is 27.7 Å². The molecule has 0 N–H and O–H groups in total. The summed E-state index contributed by atoms with van der Waals surface area (Å²) in [6.07, 6.45) is 12.2. The van der Waals surface area contributed by atoms with Gasteiger partial charge in [0.05, 0.1) is 12.7 Å². The van der Waals surface area contributed by atoms with Gasteiger partial charge in [-0.3, -0.25) is 4.79 Å². The Labute approximate surface area is 183 Å². The summed E-state index contributed by atoms with van der Waals surface area (Å²) in [6, 6.07) is 0. The molecule has 3 nitrogen and oxygen atoms in total. The molecule has 0 aromatic carbocycles. The summed E-state index contributed by atoms with van der Waals surface area (Å²) in [6.45, 7) is 10.8. The van der Waals surface area contributed by atoms with Crippen LogP contribution in [0.15, 0.2) is 0 Å². The van der Waals surface area contributed by atoms with Crippen molar-refractivity contribution in [2.24, 2.45) is 52.3 Å². The van der Waals surface area contributed by atoms with Crippen LogP contribution in [-0.4, -0.2) is 24.3 Å². The van der Waals surface area contributed by atoms with Crippen LogP contribution in [0.5, 0.6) is 0 Å². The Hall–Kier alpha value is -0.410. The molecule has 6 rings (SSSR count). The van der Waals surface area contributed by atoms with Crippen LogP contribution in [0, 0.1) is 52.3 Å². The molecule has 0 amide bonds. The van der Waals surface area contributed by atoms with Gasteiger partial charge in [0.2, 0.25) is 0 Å². The van der Waals surface area contributed by atoms with Gasteiger partial charge >= 0.3 is 0 Å². The van der Waals surface area contributed by atoms with E-state index < -0.39 is 0 Å². The predicted octanol–water partition coefficient (Wildman–Crippen LogP) is 6.00. The molecule has 0 aromatic rings. The van der Waals surface area contributed by atoms with E-state index in [1.807, 2.05) is 0 Å². The molecule has 2 saturated heterocycles. The number of ketones is 1. The molecule has 168 valence electrons. The molecule has 0 radical (unpaired) electrons. The highest BCUT2D eigenvalue weighted by Crippen LogP contribution is 2.71. The number of rotatable bonds is 0. The fourth-order valence-electron chi connectivity index (χ4n) is 10.1. The summed E-state index contributed by atoms with van der Waals surface area (Å²) in [5, 5.41) is 0. The normalized spacial score (nSPS) is 60.1. The van der Waals surface area contributed by atoms with Crippen LogP contribution in [0.1, 0.15) is 91.9 Å². The topological polar surface area (TPSA) is 35.5 Å². The second kappa shape index (κ2) is 6.56.